The Bertz CT molecular complexity index is 933. The lowest BCUT2D eigenvalue weighted by Gasteiger charge is -2.44. The van der Waals surface area contributed by atoms with Crippen molar-refractivity contribution in [1.29, 1.82) is 0 Å². The number of carbonyl (C=O) groups is 1. The highest BCUT2D eigenvalue weighted by atomic mass is 32.2. The Kier molecular flexibility index (Phi) is 9.73. The first-order valence-electron chi connectivity index (χ1n) is 8.78. The third kappa shape index (κ3) is 5.04. The fourth-order valence-electron chi connectivity index (χ4n) is 2.44. The quantitative estimate of drug-likeness (QED) is 0.134. The molecule has 0 amide bonds. The van der Waals surface area contributed by atoms with Gasteiger partial charge in [0.25, 0.3) is 0 Å². The maximum atomic E-state index is 14.6. The SMILES string of the molecule is C=C(C(=O)OCC)C(N(C)S(=O)O)C(F)(F)C(F)(F)C(F)(F)C(F)(F)C(F)(F)C(F)(F)C(F)(F)C(F)(F)F. The number of nitrogens with zero attached hydrogens (tertiary/aromatic N) is 1. The van der Waals surface area contributed by atoms with Gasteiger partial charge in [0.15, 0.2) is 0 Å². The van der Waals surface area contributed by atoms with Gasteiger partial charge in [-0.05, 0) is 6.92 Å². The molecule has 0 fully saturated rings. The van der Waals surface area contributed by atoms with Gasteiger partial charge in [0.1, 0.15) is 6.04 Å². The number of hydrogen-bond acceptors (Lipinski definition) is 3. The summed E-state index contributed by atoms with van der Waals surface area (Å²) in [5, 5.41) is 0. The fourth-order valence-corrected chi connectivity index (χ4v) is 2.88. The number of esters is 1. The molecular weight excluding hydrogens is 613 g/mol. The van der Waals surface area contributed by atoms with Gasteiger partial charge < -0.3 is 4.74 Å². The molecule has 0 aliphatic rings. The first kappa shape index (κ1) is 36.1. The molecule has 226 valence electrons. The van der Waals surface area contributed by atoms with Gasteiger partial charge in [0, 0.05) is 7.05 Å². The Morgan fingerprint density at radius 2 is 1.08 bits per heavy atom. The molecule has 0 saturated heterocycles. The summed E-state index contributed by atoms with van der Waals surface area (Å²) in [6, 6.07) is -4.38. The van der Waals surface area contributed by atoms with E-state index >= 15 is 0 Å². The van der Waals surface area contributed by atoms with E-state index in [1.807, 2.05) is 0 Å². The predicted octanol–water partition coefficient (Wildman–Crippen LogP) is 5.55. The van der Waals surface area contributed by atoms with Crippen molar-refractivity contribution in [2.75, 3.05) is 13.7 Å². The highest BCUT2D eigenvalue weighted by Crippen LogP contribution is 2.64. The van der Waals surface area contributed by atoms with Crippen molar-refractivity contribution in [3.63, 3.8) is 0 Å². The summed E-state index contributed by atoms with van der Waals surface area (Å²) >= 11 is -4.04. The van der Waals surface area contributed by atoms with Gasteiger partial charge in [-0.25, -0.2) is 9.00 Å². The van der Waals surface area contributed by atoms with Gasteiger partial charge in [-0.2, -0.15) is 78.9 Å². The van der Waals surface area contributed by atoms with E-state index in [-0.39, 0.29) is 7.05 Å². The molecule has 1 N–H and O–H groups in total. The summed E-state index contributed by atoms with van der Waals surface area (Å²) in [7, 11) is -0.169. The highest BCUT2D eigenvalue weighted by Gasteiger charge is 2.95. The first-order chi connectivity index (χ1) is 16.4. The maximum absolute atomic E-state index is 14.6. The summed E-state index contributed by atoms with van der Waals surface area (Å²) in [6.07, 6.45) is -7.89. The van der Waals surface area contributed by atoms with Crippen LogP contribution in [0, 0.1) is 0 Å². The first-order valence-corrected chi connectivity index (χ1v) is 9.85. The van der Waals surface area contributed by atoms with Crippen LogP contribution in [0.3, 0.4) is 0 Å². The zero-order chi connectivity index (χ0) is 31.3. The molecule has 2 unspecified atom stereocenters. The van der Waals surface area contributed by atoms with Crippen LogP contribution in [0.4, 0.5) is 74.6 Å². The van der Waals surface area contributed by atoms with Crippen LogP contribution in [-0.2, 0) is 20.8 Å². The van der Waals surface area contributed by atoms with E-state index in [0.717, 1.165) is 6.92 Å². The average molecular weight is 625 g/mol. The predicted molar refractivity (Wildman–Crippen MR) is 88.8 cm³/mol. The summed E-state index contributed by atoms with van der Waals surface area (Å²) < 4.78 is 252. The van der Waals surface area contributed by atoms with Gasteiger partial charge in [0.2, 0.25) is 11.3 Å². The van der Waals surface area contributed by atoms with Crippen molar-refractivity contribution >= 4 is 17.2 Å². The summed E-state index contributed by atoms with van der Waals surface area (Å²) in [5.74, 6) is -61.0. The smallest absolute Gasteiger partial charge is 0.460 e. The van der Waals surface area contributed by atoms with Crippen molar-refractivity contribution in [3.8, 4) is 0 Å². The molecule has 2 atom stereocenters. The molecule has 0 aromatic carbocycles. The van der Waals surface area contributed by atoms with Crippen LogP contribution in [0.2, 0.25) is 0 Å². The largest absolute Gasteiger partial charge is 0.463 e. The standard InChI is InChI=1S/C15H12F17NO4S/c1-4-37-7(34)5(2)6(33(3)38(35)36)8(16,17)9(18,19)10(20,21)11(22,23)12(24,25)13(26,27)14(28,29)15(30,31)32/h6H,2,4H2,1,3H3,(H,35,36). The molecule has 38 heavy (non-hydrogen) atoms. The van der Waals surface area contributed by atoms with E-state index in [0.29, 0.717) is 0 Å². The Morgan fingerprint density at radius 1 is 0.763 bits per heavy atom. The number of rotatable bonds is 12. The van der Waals surface area contributed by atoms with Crippen molar-refractivity contribution < 1.29 is 92.9 Å². The Balaban J connectivity index is 7.23. The number of ether oxygens (including phenoxy) is 1. The lowest BCUT2D eigenvalue weighted by atomic mass is 9.85. The number of alkyl halides is 17. The van der Waals surface area contributed by atoms with E-state index in [4.69, 9.17) is 4.55 Å². The summed E-state index contributed by atoms with van der Waals surface area (Å²) in [6.45, 7) is 2.41. The Labute approximate surface area is 202 Å². The van der Waals surface area contributed by atoms with Gasteiger partial charge in [-0.15, -0.1) is 0 Å². The second kappa shape index (κ2) is 10.2. The highest BCUT2D eigenvalue weighted by molar-refractivity contribution is 7.76. The monoisotopic (exact) mass is 625 g/mol. The van der Waals surface area contributed by atoms with Crippen LogP contribution in [0.5, 0.6) is 0 Å². The minimum absolute atomic E-state index is 0.169. The second-order valence-electron chi connectivity index (χ2n) is 6.99. The van der Waals surface area contributed by atoms with E-state index in [9.17, 15) is 83.6 Å². The molecule has 5 nitrogen and oxygen atoms in total. The normalized spacial score (nSPS) is 16.9. The molecular formula is C15H12F17NO4S. The minimum atomic E-state index is -8.85. The fraction of sp³-hybridized carbons (Fsp3) is 0.800. The van der Waals surface area contributed by atoms with Crippen molar-refractivity contribution in [1.82, 2.24) is 4.31 Å². The molecule has 0 saturated carbocycles. The molecule has 0 aromatic heterocycles. The average Bonchev–Trinajstić information content (AvgIpc) is 2.71. The minimum Gasteiger partial charge on any atom is -0.463 e. The van der Waals surface area contributed by atoms with E-state index in [1.165, 1.54) is 0 Å². The zero-order valence-corrected chi connectivity index (χ0v) is 18.8. The maximum Gasteiger partial charge on any atom is 0.460 e. The molecule has 0 rings (SSSR count). The summed E-state index contributed by atoms with van der Waals surface area (Å²) in [5.41, 5.74) is -2.22. The van der Waals surface area contributed by atoms with Crippen molar-refractivity contribution in [2.24, 2.45) is 0 Å². The summed E-state index contributed by atoms with van der Waals surface area (Å²) in [4.78, 5) is 11.6. The second-order valence-corrected chi connectivity index (χ2v) is 8.03. The molecule has 0 radical (unpaired) electrons. The molecule has 0 bridgehead atoms. The Morgan fingerprint density at radius 3 is 1.37 bits per heavy atom. The number of hydrogen-bond donors (Lipinski definition) is 1. The molecule has 0 aliphatic heterocycles. The van der Waals surface area contributed by atoms with Gasteiger partial charge >= 0.3 is 53.6 Å². The zero-order valence-electron chi connectivity index (χ0n) is 17.9. The van der Waals surface area contributed by atoms with Crippen LogP contribution in [0.25, 0.3) is 0 Å². The van der Waals surface area contributed by atoms with Gasteiger partial charge in [-0.1, -0.05) is 6.58 Å². The number of carbonyl (C=O) groups excluding carboxylic acids is 1. The van der Waals surface area contributed by atoms with E-state index < -0.39 is 87.4 Å². The van der Waals surface area contributed by atoms with Gasteiger partial charge in [-0.3, -0.25) is 4.55 Å². The van der Waals surface area contributed by atoms with Crippen LogP contribution in [-0.4, -0.2) is 86.4 Å². The number of likely N-dealkylation sites (N-methyl/N-ethyl adjacent to an activating group) is 1. The van der Waals surface area contributed by atoms with Crippen LogP contribution < -0.4 is 0 Å². The van der Waals surface area contributed by atoms with Crippen molar-refractivity contribution in [3.05, 3.63) is 12.2 Å². The molecule has 0 aromatic rings. The van der Waals surface area contributed by atoms with Gasteiger partial charge in [0.05, 0.1) is 12.2 Å². The van der Waals surface area contributed by atoms with Crippen LogP contribution >= 0.6 is 0 Å². The molecule has 23 heteroatoms. The number of halogens is 17. The third-order valence-electron chi connectivity index (χ3n) is 4.57. The van der Waals surface area contributed by atoms with Crippen LogP contribution in [0.1, 0.15) is 6.92 Å². The lowest BCUT2D eigenvalue weighted by Crippen LogP contribution is -2.76. The molecule has 0 spiro atoms. The lowest BCUT2D eigenvalue weighted by molar-refractivity contribution is -0.462. The molecule has 0 aliphatic carbocycles. The topological polar surface area (TPSA) is 66.8 Å². The third-order valence-corrected chi connectivity index (χ3v) is 5.27. The van der Waals surface area contributed by atoms with Crippen molar-refractivity contribution in [2.45, 2.75) is 60.6 Å². The van der Waals surface area contributed by atoms with E-state index in [1.54, 1.807) is 0 Å². The Hall–Kier alpha value is -1.91. The van der Waals surface area contributed by atoms with E-state index in [2.05, 4.69) is 11.3 Å². The van der Waals surface area contributed by atoms with Crippen LogP contribution in [0.15, 0.2) is 12.2 Å². The molecule has 0 heterocycles.